The van der Waals surface area contributed by atoms with Crippen molar-refractivity contribution in [2.24, 2.45) is 0 Å². The molecule has 0 radical (unpaired) electrons. The van der Waals surface area contributed by atoms with E-state index < -0.39 is 6.04 Å². The first-order valence-corrected chi connectivity index (χ1v) is 5.03. The summed E-state index contributed by atoms with van der Waals surface area (Å²) in [5, 5.41) is 12.8. The summed E-state index contributed by atoms with van der Waals surface area (Å²) in [6, 6.07) is 7.02. The van der Waals surface area contributed by atoms with Gasteiger partial charge in [0.15, 0.2) is 0 Å². The number of nitriles is 1. The molecule has 0 aliphatic carbocycles. The molecule has 0 saturated carbocycles. The smallest absolute Gasteiger partial charge is 0.122 e. The summed E-state index contributed by atoms with van der Waals surface area (Å²) in [4.78, 5) is 0. The van der Waals surface area contributed by atoms with Crippen molar-refractivity contribution in [1.82, 2.24) is 5.32 Å². The Morgan fingerprint density at radius 1 is 1.50 bits per heavy atom. The van der Waals surface area contributed by atoms with E-state index in [0.29, 0.717) is 16.6 Å². The fourth-order valence-electron chi connectivity index (χ4n) is 1.17. The van der Waals surface area contributed by atoms with Crippen molar-refractivity contribution in [1.29, 1.82) is 5.26 Å². The molecule has 1 unspecified atom stereocenters. The first-order chi connectivity index (χ1) is 6.70. The van der Waals surface area contributed by atoms with Gasteiger partial charge in [0.2, 0.25) is 0 Å². The van der Waals surface area contributed by atoms with Crippen molar-refractivity contribution >= 4 is 23.2 Å². The lowest BCUT2D eigenvalue weighted by molar-refractivity contribution is 0.658. The minimum Gasteiger partial charge on any atom is -0.298 e. The molecule has 0 fully saturated rings. The fourth-order valence-corrected chi connectivity index (χ4v) is 1.59. The molecule has 2 nitrogen and oxygen atoms in total. The van der Waals surface area contributed by atoms with E-state index in [-0.39, 0.29) is 0 Å². The molecule has 1 N–H and O–H groups in total. The van der Waals surface area contributed by atoms with Crippen molar-refractivity contribution in [3.63, 3.8) is 0 Å². The normalized spacial score (nSPS) is 12.1. The van der Waals surface area contributed by atoms with Crippen LogP contribution in [0.1, 0.15) is 18.5 Å². The van der Waals surface area contributed by atoms with E-state index in [2.05, 4.69) is 11.4 Å². The molecule has 0 bridgehead atoms. The highest BCUT2D eigenvalue weighted by atomic mass is 35.5. The van der Waals surface area contributed by atoms with Gasteiger partial charge in [0, 0.05) is 5.56 Å². The standard InChI is InChI=1S/C10H10Cl2N2/c1-2-14-9(6-13)7-4-3-5-8(11)10(7)12/h3-5,9,14H,2H2,1H3. The number of rotatable bonds is 3. The molecule has 14 heavy (non-hydrogen) atoms. The lowest BCUT2D eigenvalue weighted by Crippen LogP contribution is -2.19. The van der Waals surface area contributed by atoms with Crippen LogP contribution in [-0.2, 0) is 0 Å². The first kappa shape index (κ1) is 11.3. The summed E-state index contributed by atoms with van der Waals surface area (Å²) in [5.41, 5.74) is 0.725. The third-order valence-electron chi connectivity index (χ3n) is 1.83. The van der Waals surface area contributed by atoms with Gasteiger partial charge < -0.3 is 0 Å². The Morgan fingerprint density at radius 2 is 2.21 bits per heavy atom. The largest absolute Gasteiger partial charge is 0.298 e. The summed E-state index contributed by atoms with van der Waals surface area (Å²) in [7, 11) is 0. The van der Waals surface area contributed by atoms with E-state index >= 15 is 0 Å². The van der Waals surface area contributed by atoms with Crippen LogP contribution in [-0.4, -0.2) is 6.54 Å². The Labute approximate surface area is 93.4 Å². The van der Waals surface area contributed by atoms with E-state index in [9.17, 15) is 0 Å². The molecule has 4 heteroatoms. The van der Waals surface area contributed by atoms with Gasteiger partial charge in [-0.2, -0.15) is 5.26 Å². The van der Waals surface area contributed by atoms with Crippen molar-refractivity contribution in [3.05, 3.63) is 33.8 Å². The monoisotopic (exact) mass is 228 g/mol. The number of nitrogens with one attached hydrogen (secondary N) is 1. The first-order valence-electron chi connectivity index (χ1n) is 4.27. The molecule has 0 aliphatic rings. The van der Waals surface area contributed by atoms with Crippen LogP contribution in [0.15, 0.2) is 18.2 Å². The van der Waals surface area contributed by atoms with Crippen LogP contribution < -0.4 is 5.32 Å². The topological polar surface area (TPSA) is 35.8 Å². The zero-order valence-electron chi connectivity index (χ0n) is 7.72. The molecule has 1 aromatic rings. The molecule has 0 heterocycles. The van der Waals surface area contributed by atoms with Crippen LogP contribution in [0.2, 0.25) is 10.0 Å². The molecule has 1 aromatic carbocycles. The molecule has 0 amide bonds. The van der Waals surface area contributed by atoms with Crippen LogP contribution in [0, 0.1) is 11.3 Å². The van der Waals surface area contributed by atoms with Gasteiger partial charge in [-0.05, 0) is 12.6 Å². The second-order valence-corrected chi connectivity index (χ2v) is 3.55. The second-order valence-electron chi connectivity index (χ2n) is 2.76. The van der Waals surface area contributed by atoms with Crippen molar-refractivity contribution in [2.45, 2.75) is 13.0 Å². The minimum absolute atomic E-state index is 0.397. The van der Waals surface area contributed by atoms with Crippen LogP contribution in [0.3, 0.4) is 0 Å². The predicted octanol–water partition coefficient (Wildman–Crippen LogP) is 3.17. The van der Waals surface area contributed by atoms with Gasteiger partial charge >= 0.3 is 0 Å². The number of benzene rings is 1. The van der Waals surface area contributed by atoms with Gasteiger partial charge in [0.25, 0.3) is 0 Å². The van der Waals surface area contributed by atoms with Crippen LogP contribution >= 0.6 is 23.2 Å². The Balaban J connectivity index is 3.05. The van der Waals surface area contributed by atoms with E-state index in [1.807, 2.05) is 6.92 Å². The lowest BCUT2D eigenvalue weighted by Gasteiger charge is -2.12. The second kappa shape index (κ2) is 5.21. The number of halogens is 2. The van der Waals surface area contributed by atoms with Crippen LogP contribution in [0.4, 0.5) is 0 Å². The minimum atomic E-state index is -0.397. The van der Waals surface area contributed by atoms with Gasteiger partial charge in [-0.25, -0.2) is 0 Å². The maximum atomic E-state index is 8.91. The third-order valence-corrected chi connectivity index (χ3v) is 2.66. The molecular weight excluding hydrogens is 219 g/mol. The Hall–Kier alpha value is -0.750. The highest BCUT2D eigenvalue weighted by Gasteiger charge is 2.13. The van der Waals surface area contributed by atoms with Crippen molar-refractivity contribution in [2.75, 3.05) is 6.54 Å². The molecular formula is C10H10Cl2N2. The average Bonchev–Trinajstić information content (AvgIpc) is 2.19. The summed E-state index contributed by atoms with van der Waals surface area (Å²) in [6.07, 6.45) is 0. The summed E-state index contributed by atoms with van der Waals surface area (Å²) >= 11 is 11.8. The highest BCUT2D eigenvalue weighted by Crippen LogP contribution is 2.29. The number of nitrogens with zero attached hydrogens (tertiary/aromatic N) is 1. The Kier molecular flexibility index (Phi) is 4.21. The molecule has 74 valence electrons. The fraction of sp³-hybridized carbons (Fsp3) is 0.300. The summed E-state index contributed by atoms with van der Waals surface area (Å²) < 4.78 is 0. The summed E-state index contributed by atoms with van der Waals surface area (Å²) in [6.45, 7) is 2.64. The molecule has 0 saturated heterocycles. The average molecular weight is 229 g/mol. The molecule has 0 aliphatic heterocycles. The Morgan fingerprint density at radius 3 is 2.79 bits per heavy atom. The van der Waals surface area contributed by atoms with Gasteiger partial charge in [-0.3, -0.25) is 5.32 Å². The molecule has 1 atom stereocenters. The van der Waals surface area contributed by atoms with Crippen molar-refractivity contribution in [3.8, 4) is 6.07 Å². The van der Waals surface area contributed by atoms with Gasteiger partial charge in [-0.1, -0.05) is 42.3 Å². The van der Waals surface area contributed by atoms with Crippen molar-refractivity contribution < 1.29 is 0 Å². The van der Waals surface area contributed by atoms with E-state index in [1.165, 1.54) is 0 Å². The quantitative estimate of drug-likeness (QED) is 0.863. The van der Waals surface area contributed by atoms with Crippen LogP contribution in [0.5, 0.6) is 0 Å². The zero-order chi connectivity index (χ0) is 10.6. The van der Waals surface area contributed by atoms with E-state index in [1.54, 1.807) is 18.2 Å². The zero-order valence-corrected chi connectivity index (χ0v) is 9.23. The number of hydrogen-bond acceptors (Lipinski definition) is 2. The maximum Gasteiger partial charge on any atom is 0.122 e. The molecule has 0 aromatic heterocycles. The predicted molar refractivity (Wildman–Crippen MR) is 58.5 cm³/mol. The molecule has 0 spiro atoms. The molecule has 1 rings (SSSR count). The number of hydrogen-bond donors (Lipinski definition) is 1. The SMILES string of the molecule is CCNC(C#N)c1cccc(Cl)c1Cl. The summed E-state index contributed by atoms with van der Waals surface area (Å²) in [5.74, 6) is 0. The van der Waals surface area contributed by atoms with Crippen LogP contribution in [0.25, 0.3) is 0 Å². The lowest BCUT2D eigenvalue weighted by atomic mass is 10.1. The highest BCUT2D eigenvalue weighted by molar-refractivity contribution is 6.42. The van der Waals surface area contributed by atoms with Gasteiger partial charge in [0.05, 0.1) is 16.1 Å². The maximum absolute atomic E-state index is 8.91. The van der Waals surface area contributed by atoms with E-state index in [4.69, 9.17) is 28.5 Å². The van der Waals surface area contributed by atoms with Gasteiger partial charge in [-0.15, -0.1) is 0 Å². The van der Waals surface area contributed by atoms with E-state index in [0.717, 1.165) is 5.56 Å². The Bertz CT molecular complexity index is 358. The third kappa shape index (κ3) is 2.39. The van der Waals surface area contributed by atoms with Gasteiger partial charge in [0.1, 0.15) is 6.04 Å².